The third-order valence-electron chi connectivity index (χ3n) is 3.15. The van der Waals surface area contributed by atoms with Crippen LogP contribution in [0.2, 0.25) is 0 Å². The number of carbonyl (C=O) groups is 1. The Bertz CT molecular complexity index is 209. The fourth-order valence-corrected chi connectivity index (χ4v) is 2.00. The van der Waals surface area contributed by atoms with Crippen molar-refractivity contribution in [3.63, 3.8) is 0 Å². The molecule has 2 nitrogen and oxygen atoms in total. The predicted molar refractivity (Wildman–Crippen MR) is 77.9 cm³/mol. The van der Waals surface area contributed by atoms with Crippen molar-refractivity contribution in [1.29, 1.82) is 0 Å². The first-order valence-corrected chi connectivity index (χ1v) is 7.64. The van der Waals surface area contributed by atoms with Gasteiger partial charge in [-0.15, -0.1) is 0 Å². The maximum Gasteiger partial charge on any atom is 0.303 e. The van der Waals surface area contributed by atoms with Crippen LogP contribution in [0.25, 0.3) is 0 Å². The van der Waals surface area contributed by atoms with Gasteiger partial charge in [-0.2, -0.15) is 0 Å². The van der Waals surface area contributed by atoms with Crippen molar-refractivity contribution in [1.82, 2.24) is 0 Å². The zero-order valence-electron chi connectivity index (χ0n) is 12.0. The van der Waals surface area contributed by atoms with Crippen LogP contribution in [0.15, 0.2) is 12.2 Å². The average Bonchev–Trinajstić information content (AvgIpc) is 2.34. The van der Waals surface area contributed by atoms with Gasteiger partial charge < -0.3 is 5.11 Å². The molecule has 0 aliphatic heterocycles. The van der Waals surface area contributed by atoms with E-state index in [0.717, 1.165) is 19.3 Å². The van der Waals surface area contributed by atoms with E-state index in [0.29, 0.717) is 6.42 Å². The Morgan fingerprint density at radius 1 is 0.833 bits per heavy atom. The van der Waals surface area contributed by atoms with E-state index >= 15 is 0 Å². The topological polar surface area (TPSA) is 37.3 Å². The van der Waals surface area contributed by atoms with Gasteiger partial charge in [0, 0.05) is 6.42 Å². The first-order chi connectivity index (χ1) is 8.77. The smallest absolute Gasteiger partial charge is 0.303 e. The number of carboxylic acids is 1. The van der Waals surface area contributed by atoms with Crippen LogP contribution in [0, 0.1) is 0 Å². The Kier molecular flexibility index (Phi) is 13.6. The van der Waals surface area contributed by atoms with Crippen LogP contribution in [-0.4, -0.2) is 11.1 Å². The fraction of sp³-hybridized carbons (Fsp3) is 0.812. The molecule has 0 spiro atoms. The lowest BCUT2D eigenvalue weighted by molar-refractivity contribution is -0.137. The molecule has 0 radical (unpaired) electrons. The maximum atomic E-state index is 10.3. The molecule has 18 heavy (non-hydrogen) atoms. The molecule has 0 unspecified atom stereocenters. The Morgan fingerprint density at radius 2 is 1.33 bits per heavy atom. The van der Waals surface area contributed by atoms with Gasteiger partial charge >= 0.3 is 5.97 Å². The second kappa shape index (κ2) is 14.3. The number of carboxylic acid groups (broad SMARTS) is 1. The summed E-state index contributed by atoms with van der Waals surface area (Å²) in [5.74, 6) is -0.688. The van der Waals surface area contributed by atoms with Crippen LogP contribution in [-0.2, 0) is 4.79 Å². The van der Waals surface area contributed by atoms with Crippen LogP contribution < -0.4 is 0 Å². The lowest BCUT2D eigenvalue weighted by atomic mass is 10.1. The summed E-state index contributed by atoms with van der Waals surface area (Å²) in [5.41, 5.74) is 0. The van der Waals surface area contributed by atoms with Crippen LogP contribution in [0.4, 0.5) is 0 Å². The van der Waals surface area contributed by atoms with Gasteiger partial charge in [-0.05, 0) is 25.7 Å². The molecule has 0 aliphatic carbocycles. The molecule has 0 aliphatic rings. The molecule has 0 saturated heterocycles. The van der Waals surface area contributed by atoms with Crippen molar-refractivity contribution in [3.8, 4) is 0 Å². The van der Waals surface area contributed by atoms with E-state index < -0.39 is 5.97 Å². The molecule has 0 amide bonds. The fourth-order valence-electron chi connectivity index (χ4n) is 2.00. The van der Waals surface area contributed by atoms with Gasteiger partial charge in [0.05, 0.1) is 0 Å². The van der Waals surface area contributed by atoms with Crippen molar-refractivity contribution in [2.45, 2.75) is 84.0 Å². The number of aliphatic carboxylic acids is 1. The lowest BCUT2D eigenvalue weighted by Gasteiger charge is -1.99. The maximum absolute atomic E-state index is 10.3. The molecule has 2 heteroatoms. The number of unbranched alkanes of at least 4 members (excludes halogenated alkanes) is 9. The summed E-state index contributed by atoms with van der Waals surface area (Å²) in [5, 5.41) is 8.47. The second-order valence-corrected chi connectivity index (χ2v) is 5.02. The standard InChI is InChI=1S/C16H30O2/c1-2-3-4-5-6-7-8-9-10-11-12-13-14-15-16(17)18/h11-12H,2-10,13-15H2,1H3,(H,17,18)/b12-11+. The van der Waals surface area contributed by atoms with E-state index in [1.165, 1.54) is 51.4 Å². The number of rotatable bonds is 13. The highest BCUT2D eigenvalue weighted by Crippen LogP contribution is 2.10. The minimum atomic E-state index is -0.688. The molecular weight excluding hydrogens is 224 g/mol. The van der Waals surface area contributed by atoms with Gasteiger partial charge in [0.2, 0.25) is 0 Å². The van der Waals surface area contributed by atoms with Gasteiger partial charge in [-0.1, -0.05) is 64.0 Å². The molecule has 0 heterocycles. The third-order valence-corrected chi connectivity index (χ3v) is 3.15. The van der Waals surface area contributed by atoms with E-state index in [2.05, 4.69) is 19.1 Å². The monoisotopic (exact) mass is 254 g/mol. The first-order valence-electron chi connectivity index (χ1n) is 7.64. The molecule has 0 atom stereocenters. The third kappa shape index (κ3) is 15.2. The summed E-state index contributed by atoms with van der Waals surface area (Å²) in [7, 11) is 0. The van der Waals surface area contributed by atoms with Crippen molar-refractivity contribution in [2.75, 3.05) is 0 Å². The summed E-state index contributed by atoms with van der Waals surface area (Å²) < 4.78 is 0. The molecule has 106 valence electrons. The zero-order valence-corrected chi connectivity index (χ0v) is 12.0. The van der Waals surface area contributed by atoms with Crippen molar-refractivity contribution >= 4 is 5.97 Å². The summed E-state index contributed by atoms with van der Waals surface area (Å²) in [6.07, 6.45) is 18.4. The largest absolute Gasteiger partial charge is 0.481 e. The van der Waals surface area contributed by atoms with E-state index in [4.69, 9.17) is 5.11 Å². The van der Waals surface area contributed by atoms with Crippen molar-refractivity contribution in [3.05, 3.63) is 12.2 Å². The molecule has 0 rings (SSSR count). The normalized spacial score (nSPS) is 11.2. The number of hydrogen-bond donors (Lipinski definition) is 1. The minimum Gasteiger partial charge on any atom is -0.481 e. The van der Waals surface area contributed by atoms with E-state index in [9.17, 15) is 4.79 Å². The Morgan fingerprint density at radius 3 is 1.89 bits per heavy atom. The average molecular weight is 254 g/mol. The SMILES string of the molecule is CCCCCCCCCC/C=C/CCCC(=O)O. The summed E-state index contributed by atoms with van der Waals surface area (Å²) in [4.78, 5) is 10.3. The molecule has 0 aromatic carbocycles. The van der Waals surface area contributed by atoms with Crippen LogP contribution in [0.5, 0.6) is 0 Å². The Labute approximate surface area is 112 Å². The van der Waals surface area contributed by atoms with Gasteiger partial charge in [0.1, 0.15) is 0 Å². The zero-order chi connectivity index (χ0) is 13.5. The lowest BCUT2D eigenvalue weighted by Crippen LogP contribution is -1.92. The molecule has 0 aromatic rings. The number of allylic oxidation sites excluding steroid dienone is 2. The highest BCUT2D eigenvalue weighted by Gasteiger charge is 1.93. The molecule has 0 fully saturated rings. The summed E-state index contributed by atoms with van der Waals surface area (Å²) >= 11 is 0. The molecular formula is C16H30O2. The minimum absolute atomic E-state index is 0.294. The van der Waals surface area contributed by atoms with Crippen LogP contribution in [0.3, 0.4) is 0 Å². The van der Waals surface area contributed by atoms with Gasteiger partial charge in [-0.3, -0.25) is 4.79 Å². The summed E-state index contributed by atoms with van der Waals surface area (Å²) in [6.45, 7) is 2.25. The molecule has 0 saturated carbocycles. The van der Waals surface area contributed by atoms with E-state index in [1.54, 1.807) is 0 Å². The highest BCUT2D eigenvalue weighted by molar-refractivity contribution is 5.66. The Balaban J connectivity index is 3.06. The van der Waals surface area contributed by atoms with E-state index in [1.807, 2.05) is 0 Å². The van der Waals surface area contributed by atoms with Crippen molar-refractivity contribution in [2.24, 2.45) is 0 Å². The van der Waals surface area contributed by atoms with E-state index in [-0.39, 0.29) is 0 Å². The molecule has 0 aromatic heterocycles. The summed E-state index contributed by atoms with van der Waals surface area (Å²) in [6, 6.07) is 0. The van der Waals surface area contributed by atoms with Gasteiger partial charge in [0.15, 0.2) is 0 Å². The highest BCUT2D eigenvalue weighted by atomic mass is 16.4. The molecule has 0 bridgehead atoms. The Hall–Kier alpha value is -0.790. The first kappa shape index (κ1) is 17.2. The van der Waals surface area contributed by atoms with Crippen LogP contribution in [0.1, 0.15) is 84.0 Å². The second-order valence-electron chi connectivity index (χ2n) is 5.02. The van der Waals surface area contributed by atoms with Crippen LogP contribution >= 0.6 is 0 Å². The van der Waals surface area contributed by atoms with Gasteiger partial charge in [0.25, 0.3) is 0 Å². The van der Waals surface area contributed by atoms with Crippen molar-refractivity contribution < 1.29 is 9.90 Å². The van der Waals surface area contributed by atoms with Gasteiger partial charge in [-0.25, -0.2) is 0 Å². The number of hydrogen-bond acceptors (Lipinski definition) is 1. The predicted octanol–water partition coefficient (Wildman–Crippen LogP) is 5.33. The molecule has 1 N–H and O–H groups in total. The quantitative estimate of drug-likeness (QED) is 0.356.